The second-order valence-corrected chi connectivity index (χ2v) is 7.02. The largest absolute Gasteiger partial charge is 0.331 e. The fraction of sp³-hybridized carbons (Fsp3) is 0.364. The molecule has 29 heavy (non-hydrogen) atoms. The molecule has 1 amide bonds. The molecule has 0 saturated carbocycles. The molecule has 4 nitrogen and oxygen atoms in total. The third-order valence-corrected chi connectivity index (χ3v) is 4.80. The summed E-state index contributed by atoms with van der Waals surface area (Å²) < 4.78 is 43.1. The number of aromatic nitrogens is 2. The molecule has 3 aromatic rings. The van der Waals surface area contributed by atoms with E-state index in [9.17, 15) is 18.0 Å². The molecule has 1 heterocycles. The zero-order valence-corrected chi connectivity index (χ0v) is 16.6. The maximum Gasteiger partial charge on any atom is 0.257 e. The van der Waals surface area contributed by atoms with E-state index in [1.54, 1.807) is 6.07 Å². The summed E-state index contributed by atoms with van der Waals surface area (Å²) in [6.07, 6.45) is 2.40. The van der Waals surface area contributed by atoms with Crippen LogP contribution in [0.2, 0.25) is 0 Å². The SMILES string of the molecule is CCCCN(Cc1nc2ccc(F)cc2n1CCC)C(=O)c1ccc(F)cc1F. The first kappa shape index (κ1) is 20.9. The van der Waals surface area contributed by atoms with Crippen molar-refractivity contribution in [2.24, 2.45) is 0 Å². The number of halogens is 3. The molecule has 2 aromatic carbocycles. The molecule has 1 aromatic heterocycles. The van der Waals surface area contributed by atoms with Crippen LogP contribution in [0.3, 0.4) is 0 Å². The quantitative estimate of drug-likeness (QED) is 0.511. The van der Waals surface area contributed by atoms with E-state index in [0.717, 1.165) is 31.4 Å². The van der Waals surface area contributed by atoms with Gasteiger partial charge in [0.2, 0.25) is 0 Å². The van der Waals surface area contributed by atoms with Crippen molar-refractivity contribution in [1.29, 1.82) is 0 Å². The first-order valence-electron chi connectivity index (χ1n) is 9.83. The van der Waals surface area contributed by atoms with Gasteiger partial charge in [-0.1, -0.05) is 20.3 Å². The number of imidazole rings is 1. The van der Waals surface area contributed by atoms with E-state index in [2.05, 4.69) is 4.98 Å². The highest BCUT2D eigenvalue weighted by atomic mass is 19.1. The lowest BCUT2D eigenvalue weighted by molar-refractivity contribution is 0.0730. The highest BCUT2D eigenvalue weighted by Gasteiger charge is 2.22. The lowest BCUT2D eigenvalue weighted by atomic mass is 10.1. The Morgan fingerprint density at radius 2 is 1.76 bits per heavy atom. The first-order chi connectivity index (χ1) is 13.9. The molecule has 3 rings (SSSR count). The van der Waals surface area contributed by atoms with Crippen LogP contribution in [-0.2, 0) is 13.1 Å². The Balaban J connectivity index is 1.98. The van der Waals surface area contributed by atoms with Crippen molar-refractivity contribution in [3.05, 3.63) is 65.2 Å². The molecular weight excluding hydrogens is 379 g/mol. The van der Waals surface area contributed by atoms with E-state index in [1.807, 2.05) is 18.4 Å². The molecule has 154 valence electrons. The van der Waals surface area contributed by atoms with E-state index in [1.165, 1.54) is 17.0 Å². The Bertz CT molecular complexity index is 1020. The van der Waals surface area contributed by atoms with Crippen molar-refractivity contribution < 1.29 is 18.0 Å². The van der Waals surface area contributed by atoms with Crippen molar-refractivity contribution >= 4 is 16.9 Å². The van der Waals surface area contributed by atoms with Crippen LogP contribution in [0, 0.1) is 17.5 Å². The summed E-state index contributed by atoms with van der Waals surface area (Å²) in [5.41, 5.74) is 1.13. The number of nitrogens with zero attached hydrogens (tertiary/aromatic N) is 3. The lowest BCUT2D eigenvalue weighted by Gasteiger charge is -2.23. The van der Waals surface area contributed by atoms with Gasteiger partial charge < -0.3 is 9.47 Å². The molecule has 0 radical (unpaired) electrons. The zero-order valence-electron chi connectivity index (χ0n) is 16.6. The van der Waals surface area contributed by atoms with Crippen LogP contribution >= 0.6 is 0 Å². The standard InChI is InChI=1S/C22H24F3N3O/c1-3-5-11-27(22(29)17-8-6-15(23)12-18(17)25)14-21-26-19-9-7-16(24)13-20(19)28(21)10-4-2/h6-9,12-13H,3-5,10-11,14H2,1-2H3. The number of aryl methyl sites for hydroxylation is 1. The molecule has 0 bridgehead atoms. The van der Waals surface area contributed by atoms with Crippen molar-refractivity contribution in [1.82, 2.24) is 14.5 Å². The summed E-state index contributed by atoms with van der Waals surface area (Å²) in [6.45, 7) is 5.19. The van der Waals surface area contributed by atoms with Gasteiger partial charge in [-0.3, -0.25) is 4.79 Å². The van der Waals surface area contributed by atoms with E-state index >= 15 is 0 Å². The number of benzene rings is 2. The van der Waals surface area contributed by atoms with E-state index in [4.69, 9.17) is 0 Å². The smallest absolute Gasteiger partial charge is 0.257 e. The van der Waals surface area contributed by atoms with E-state index in [0.29, 0.717) is 36.0 Å². The average Bonchev–Trinajstić information content (AvgIpc) is 3.01. The van der Waals surface area contributed by atoms with Crippen molar-refractivity contribution in [2.75, 3.05) is 6.54 Å². The maximum absolute atomic E-state index is 14.2. The number of unbranched alkanes of at least 4 members (excludes halogenated alkanes) is 1. The fourth-order valence-corrected chi connectivity index (χ4v) is 3.34. The summed E-state index contributed by atoms with van der Waals surface area (Å²) in [5, 5.41) is 0. The minimum absolute atomic E-state index is 0.159. The average molecular weight is 403 g/mol. The molecule has 0 spiro atoms. The second-order valence-electron chi connectivity index (χ2n) is 7.02. The van der Waals surface area contributed by atoms with Gasteiger partial charge >= 0.3 is 0 Å². The highest BCUT2D eigenvalue weighted by molar-refractivity contribution is 5.94. The maximum atomic E-state index is 14.2. The van der Waals surface area contributed by atoms with Gasteiger partial charge in [-0.15, -0.1) is 0 Å². The Labute approximate surface area is 168 Å². The first-order valence-corrected chi connectivity index (χ1v) is 9.83. The molecule has 0 unspecified atom stereocenters. The molecule has 0 aliphatic rings. The minimum Gasteiger partial charge on any atom is -0.331 e. The van der Waals surface area contributed by atoms with E-state index in [-0.39, 0.29) is 17.9 Å². The summed E-state index contributed by atoms with van der Waals surface area (Å²) in [4.78, 5) is 19.1. The van der Waals surface area contributed by atoms with Crippen LogP contribution < -0.4 is 0 Å². The number of amides is 1. The fourth-order valence-electron chi connectivity index (χ4n) is 3.34. The minimum atomic E-state index is -0.888. The molecule has 0 saturated heterocycles. The predicted octanol–water partition coefficient (Wildman–Crippen LogP) is 5.31. The summed E-state index contributed by atoms with van der Waals surface area (Å²) >= 11 is 0. The van der Waals surface area contributed by atoms with Crippen LogP contribution in [0.25, 0.3) is 11.0 Å². The number of fused-ring (bicyclic) bond motifs is 1. The van der Waals surface area contributed by atoms with Gasteiger partial charge in [-0.25, -0.2) is 18.2 Å². The Morgan fingerprint density at radius 1 is 1.03 bits per heavy atom. The van der Waals surface area contributed by atoms with E-state index < -0.39 is 17.5 Å². The molecule has 0 aliphatic heterocycles. The van der Waals surface area contributed by atoms with Crippen LogP contribution in [-0.4, -0.2) is 26.9 Å². The van der Waals surface area contributed by atoms with Crippen LogP contribution in [0.1, 0.15) is 49.3 Å². The van der Waals surface area contributed by atoms with Crippen LogP contribution in [0.4, 0.5) is 13.2 Å². The third-order valence-electron chi connectivity index (χ3n) is 4.80. The monoisotopic (exact) mass is 403 g/mol. The van der Waals surface area contributed by atoms with Gasteiger partial charge in [0.25, 0.3) is 5.91 Å². The highest BCUT2D eigenvalue weighted by Crippen LogP contribution is 2.21. The Morgan fingerprint density at radius 3 is 2.45 bits per heavy atom. The zero-order chi connectivity index (χ0) is 21.0. The summed E-state index contributed by atoms with van der Waals surface area (Å²) in [5.74, 6) is -1.88. The van der Waals surface area contributed by atoms with Gasteiger partial charge in [-0.05, 0) is 43.2 Å². The van der Waals surface area contributed by atoms with Gasteiger partial charge in [0, 0.05) is 19.2 Å². The number of carbonyl (C=O) groups excluding carboxylic acids is 1. The number of rotatable bonds is 8. The van der Waals surface area contributed by atoms with Gasteiger partial charge in [0.15, 0.2) is 0 Å². The van der Waals surface area contributed by atoms with Crippen molar-refractivity contribution in [3.8, 4) is 0 Å². The van der Waals surface area contributed by atoms with Gasteiger partial charge in [0.1, 0.15) is 23.3 Å². The third kappa shape index (κ3) is 4.60. The molecular formula is C22H24F3N3O. The molecule has 0 fully saturated rings. The Hall–Kier alpha value is -2.83. The molecule has 0 N–H and O–H groups in total. The van der Waals surface area contributed by atoms with Gasteiger partial charge in [-0.2, -0.15) is 0 Å². The topological polar surface area (TPSA) is 38.1 Å². The Kier molecular flexibility index (Phi) is 6.56. The second kappa shape index (κ2) is 9.11. The lowest BCUT2D eigenvalue weighted by Crippen LogP contribution is -2.33. The van der Waals surface area contributed by atoms with Crippen molar-refractivity contribution in [2.45, 2.75) is 46.2 Å². The molecule has 0 aliphatic carbocycles. The number of hydrogen-bond acceptors (Lipinski definition) is 2. The predicted molar refractivity (Wildman–Crippen MR) is 106 cm³/mol. The molecule has 0 atom stereocenters. The molecule has 7 heteroatoms. The number of hydrogen-bond donors (Lipinski definition) is 0. The normalized spacial score (nSPS) is 11.2. The summed E-state index contributed by atoms with van der Waals surface area (Å²) in [6, 6.07) is 7.33. The van der Waals surface area contributed by atoms with Gasteiger partial charge in [0.05, 0.1) is 23.1 Å². The van der Waals surface area contributed by atoms with Crippen LogP contribution in [0.15, 0.2) is 36.4 Å². The number of carbonyl (C=O) groups is 1. The van der Waals surface area contributed by atoms with Crippen molar-refractivity contribution in [3.63, 3.8) is 0 Å². The van der Waals surface area contributed by atoms with Crippen LogP contribution in [0.5, 0.6) is 0 Å². The summed E-state index contributed by atoms with van der Waals surface area (Å²) in [7, 11) is 0.